The van der Waals surface area contributed by atoms with E-state index in [9.17, 15) is 9.18 Å². The van der Waals surface area contributed by atoms with Crippen molar-refractivity contribution >= 4 is 5.97 Å². The van der Waals surface area contributed by atoms with Crippen LogP contribution in [0, 0.1) is 5.82 Å². The van der Waals surface area contributed by atoms with Gasteiger partial charge in [0.1, 0.15) is 5.82 Å². The molecule has 0 amide bonds. The first-order valence-corrected chi connectivity index (χ1v) is 6.57. The van der Waals surface area contributed by atoms with Crippen molar-refractivity contribution in [1.82, 2.24) is 10.2 Å². The number of hydrogen-bond donors (Lipinski definition) is 1. The SMILES string of the molecule is O=C(O)c1cccc(-c2ccc(-c3ccc(F)cc3)nn2)c1. The van der Waals surface area contributed by atoms with Crippen LogP contribution in [0.3, 0.4) is 0 Å². The van der Waals surface area contributed by atoms with Gasteiger partial charge in [0.25, 0.3) is 0 Å². The fourth-order valence-corrected chi connectivity index (χ4v) is 2.07. The van der Waals surface area contributed by atoms with Gasteiger partial charge in [-0.3, -0.25) is 0 Å². The first-order valence-electron chi connectivity index (χ1n) is 6.57. The zero-order chi connectivity index (χ0) is 15.5. The molecule has 0 unspecified atom stereocenters. The number of benzene rings is 2. The van der Waals surface area contributed by atoms with Crippen LogP contribution in [0.15, 0.2) is 60.7 Å². The van der Waals surface area contributed by atoms with E-state index in [1.54, 1.807) is 42.5 Å². The lowest BCUT2D eigenvalue weighted by atomic mass is 10.1. The van der Waals surface area contributed by atoms with E-state index in [2.05, 4.69) is 10.2 Å². The number of rotatable bonds is 3. The fourth-order valence-electron chi connectivity index (χ4n) is 2.07. The van der Waals surface area contributed by atoms with E-state index in [1.807, 2.05) is 0 Å². The molecule has 0 saturated carbocycles. The van der Waals surface area contributed by atoms with Crippen molar-refractivity contribution in [2.75, 3.05) is 0 Å². The maximum Gasteiger partial charge on any atom is 0.335 e. The lowest BCUT2D eigenvalue weighted by molar-refractivity contribution is 0.0697. The molecule has 2 aromatic carbocycles. The maximum absolute atomic E-state index is 12.9. The predicted molar refractivity (Wildman–Crippen MR) is 79.8 cm³/mol. The number of carbonyl (C=O) groups is 1. The Hall–Kier alpha value is -3.08. The van der Waals surface area contributed by atoms with Gasteiger partial charge < -0.3 is 5.11 Å². The lowest BCUT2D eigenvalue weighted by Gasteiger charge is -2.04. The Morgan fingerprint density at radius 2 is 1.50 bits per heavy atom. The van der Waals surface area contributed by atoms with Gasteiger partial charge in [0.15, 0.2) is 0 Å². The van der Waals surface area contributed by atoms with E-state index < -0.39 is 5.97 Å². The number of hydrogen-bond acceptors (Lipinski definition) is 3. The Morgan fingerprint density at radius 1 is 0.864 bits per heavy atom. The summed E-state index contributed by atoms with van der Waals surface area (Å²) in [5.41, 5.74) is 2.84. The van der Waals surface area contributed by atoms with Gasteiger partial charge in [-0.2, -0.15) is 0 Å². The second-order valence-electron chi connectivity index (χ2n) is 4.70. The second-order valence-corrected chi connectivity index (χ2v) is 4.70. The molecule has 0 fully saturated rings. The average Bonchev–Trinajstić information content (AvgIpc) is 2.56. The van der Waals surface area contributed by atoms with Crippen LogP contribution in [-0.4, -0.2) is 21.3 Å². The van der Waals surface area contributed by atoms with Crippen LogP contribution >= 0.6 is 0 Å². The molecule has 3 rings (SSSR count). The predicted octanol–water partition coefficient (Wildman–Crippen LogP) is 3.65. The molecule has 0 spiro atoms. The maximum atomic E-state index is 12.9. The molecule has 0 bridgehead atoms. The topological polar surface area (TPSA) is 63.1 Å². The van der Waals surface area contributed by atoms with Crippen molar-refractivity contribution in [3.8, 4) is 22.5 Å². The van der Waals surface area contributed by atoms with Crippen LogP contribution in [0.4, 0.5) is 4.39 Å². The summed E-state index contributed by atoms with van der Waals surface area (Å²) in [5, 5.41) is 17.2. The molecule has 22 heavy (non-hydrogen) atoms. The van der Waals surface area contributed by atoms with Crippen LogP contribution in [-0.2, 0) is 0 Å². The Labute approximate surface area is 125 Å². The van der Waals surface area contributed by atoms with E-state index in [1.165, 1.54) is 18.2 Å². The van der Waals surface area contributed by atoms with Crippen molar-refractivity contribution in [3.63, 3.8) is 0 Å². The fraction of sp³-hybridized carbons (Fsp3) is 0. The van der Waals surface area contributed by atoms with Crippen molar-refractivity contribution in [2.45, 2.75) is 0 Å². The number of aromatic nitrogens is 2. The van der Waals surface area contributed by atoms with Gasteiger partial charge in [-0.05, 0) is 48.5 Å². The summed E-state index contributed by atoms with van der Waals surface area (Å²) in [6, 6.07) is 16.0. The van der Waals surface area contributed by atoms with Crippen LogP contribution < -0.4 is 0 Å². The Balaban J connectivity index is 1.92. The van der Waals surface area contributed by atoms with Crippen LogP contribution in [0.25, 0.3) is 22.5 Å². The van der Waals surface area contributed by atoms with Crippen molar-refractivity contribution in [2.24, 2.45) is 0 Å². The zero-order valence-electron chi connectivity index (χ0n) is 11.4. The Bertz CT molecular complexity index is 815. The van der Waals surface area contributed by atoms with Gasteiger partial charge in [0.2, 0.25) is 0 Å². The standard InChI is InChI=1S/C17H11FN2O2/c18-14-6-4-11(5-7-14)15-8-9-16(20-19-15)12-2-1-3-13(10-12)17(21)22/h1-10H,(H,21,22). The average molecular weight is 294 g/mol. The molecule has 1 N–H and O–H groups in total. The van der Waals surface area contributed by atoms with Crippen LogP contribution in [0.5, 0.6) is 0 Å². The minimum absolute atomic E-state index is 0.196. The molecule has 108 valence electrons. The largest absolute Gasteiger partial charge is 0.478 e. The molecule has 0 aliphatic carbocycles. The summed E-state index contributed by atoms with van der Waals surface area (Å²) in [7, 11) is 0. The molecule has 0 radical (unpaired) electrons. The van der Waals surface area contributed by atoms with Gasteiger partial charge >= 0.3 is 5.97 Å². The molecule has 0 saturated heterocycles. The van der Waals surface area contributed by atoms with E-state index in [-0.39, 0.29) is 11.4 Å². The monoisotopic (exact) mass is 294 g/mol. The van der Waals surface area contributed by atoms with Crippen LogP contribution in [0.1, 0.15) is 10.4 Å². The highest BCUT2D eigenvalue weighted by molar-refractivity contribution is 5.89. The highest BCUT2D eigenvalue weighted by atomic mass is 19.1. The molecule has 0 atom stereocenters. The first kappa shape index (κ1) is 13.9. The van der Waals surface area contributed by atoms with E-state index in [0.717, 1.165) is 5.56 Å². The van der Waals surface area contributed by atoms with E-state index >= 15 is 0 Å². The van der Waals surface area contributed by atoms with Gasteiger partial charge in [-0.1, -0.05) is 12.1 Å². The van der Waals surface area contributed by atoms with E-state index in [4.69, 9.17) is 5.11 Å². The highest BCUT2D eigenvalue weighted by Crippen LogP contribution is 2.21. The van der Waals surface area contributed by atoms with Crippen LogP contribution in [0.2, 0.25) is 0 Å². The molecular weight excluding hydrogens is 283 g/mol. The van der Waals surface area contributed by atoms with Crippen molar-refractivity contribution in [1.29, 1.82) is 0 Å². The van der Waals surface area contributed by atoms with Gasteiger partial charge in [-0.15, -0.1) is 10.2 Å². The summed E-state index contributed by atoms with van der Waals surface area (Å²) in [5.74, 6) is -1.29. The summed E-state index contributed by atoms with van der Waals surface area (Å²) >= 11 is 0. The summed E-state index contributed by atoms with van der Waals surface area (Å²) in [6.45, 7) is 0. The van der Waals surface area contributed by atoms with Gasteiger partial charge in [0.05, 0.1) is 17.0 Å². The summed E-state index contributed by atoms with van der Waals surface area (Å²) in [6.07, 6.45) is 0. The number of nitrogens with zero attached hydrogens (tertiary/aromatic N) is 2. The lowest BCUT2D eigenvalue weighted by Crippen LogP contribution is -1.97. The van der Waals surface area contributed by atoms with Crippen molar-refractivity contribution in [3.05, 3.63) is 72.0 Å². The molecular formula is C17H11FN2O2. The first-order chi connectivity index (χ1) is 10.6. The Morgan fingerprint density at radius 3 is 2.09 bits per heavy atom. The third-order valence-electron chi connectivity index (χ3n) is 3.21. The normalized spacial score (nSPS) is 10.4. The smallest absolute Gasteiger partial charge is 0.335 e. The third-order valence-corrected chi connectivity index (χ3v) is 3.21. The molecule has 0 aliphatic rings. The third kappa shape index (κ3) is 2.83. The van der Waals surface area contributed by atoms with Gasteiger partial charge in [-0.25, -0.2) is 9.18 Å². The van der Waals surface area contributed by atoms with Gasteiger partial charge in [0, 0.05) is 11.1 Å². The second kappa shape index (κ2) is 5.73. The van der Waals surface area contributed by atoms with E-state index in [0.29, 0.717) is 17.0 Å². The number of carboxylic acid groups (broad SMARTS) is 1. The van der Waals surface area contributed by atoms with Crippen molar-refractivity contribution < 1.29 is 14.3 Å². The minimum atomic E-state index is -0.988. The highest BCUT2D eigenvalue weighted by Gasteiger charge is 2.07. The summed E-state index contributed by atoms with van der Waals surface area (Å²) < 4.78 is 12.9. The molecule has 1 heterocycles. The zero-order valence-corrected chi connectivity index (χ0v) is 11.4. The number of carboxylic acids is 1. The molecule has 1 aromatic heterocycles. The summed E-state index contributed by atoms with van der Waals surface area (Å²) in [4.78, 5) is 11.0. The number of aromatic carboxylic acids is 1. The quantitative estimate of drug-likeness (QED) is 0.801. The number of halogens is 1. The Kier molecular flexibility index (Phi) is 3.62. The molecule has 3 aromatic rings. The molecule has 4 nitrogen and oxygen atoms in total. The molecule has 0 aliphatic heterocycles. The molecule has 5 heteroatoms. The minimum Gasteiger partial charge on any atom is -0.478 e.